The van der Waals surface area contributed by atoms with Gasteiger partial charge in [-0.1, -0.05) is 15.9 Å². The monoisotopic (exact) mass is 482 g/mol. The fourth-order valence-electron chi connectivity index (χ4n) is 4.80. The average Bonchev–Trinajstić information content (AvgIpc) is 3.21. The molecule has 1 aromatic rings. The summed E-state index contributed by atoms with van der Waals surface area (Å²) in [4.78, 5) is 16.0. The maximum Gasteiger partial charge on any atom is 0.248 e. The number of benzene rings is 1. The minimum absolute atomic E-state index is 0.132. The SMILES string of the molecule is CCOc1cc(OC)cc(Br)c1C1CCN(CCCC2CCN(C(=O)CO)CC2)C1. The van der Waals surface area contributed by atoms with Crippen molar-refractivity contribution in [3.05, 3.63) is 22.2 Å². The smallest absolute Gasteiger partial charge is 0.248 e. The fourth-order valence-corrected chi connectivity index (χ4v) is 5.55. The molecule has 168 valence electrons. The van der Waals surface area contributed by atoms with E-state index in [-0.39, 0.29) is 12.5 Å². The van der Waals surface area contributed by atoms with Crippen LogP contribution in [-0.4, -0.2) is 73.9 Å². The van der Waals surface area contributed by atoms with Crippen molar-refractivity contribution in [3.63, 3.8) is 0 Å². The number of piperidine rings is 1. The van der Waals surface area contributed by atoms with Gasteiger partial charge in [0.2, 0.25) is 5.91 Å². The van der Waals surface area contributed by atoms with Crippen LogP contribution >= 0.6 is 15.9 Å². The Bertz CT molecular complexity index is 707. The maximum absolute atomic E-state index is 11.6. The molecule has 0 aliphatic carbocycles. The second-order valence-electron chi connectivity index (χ2n) is 8.36. The predicted molar refractivity (Wildman–Crippen MR) is 121 cm³/mol. The summed E-state index contributed by atoms with van der Waals surface area (Å²) in [6.07, 6.45) is 5.69. The second kappa shape index (κ2) is 11.3. The number of likely N-dealkylation sites (tertiary alicyclic amines) is 2. The van der Waals surface area contributed by atoms with E-state index in [1.165, 1.54) is 18.4 Å². The number of methoxy groups -OCH3 is 1. The molecule has 0 radical (unpaired) electrons. The summed E-state index contributed by atoms with van der Waals surface area (Å²) in [6.45, 7) is 7.20. The van der Waals surface area contributed by atoms with E-state index in [9.17, 15) is 4.79 Å². The highest BCUT2D eigenvalue weighted by Gasteiger charge is 2.29. The van der Waals surface area contributed by atoms with Crippen LogP contribution in [0.1, 0.15) is 50.5 Å². The van der Waals surface area contributed by atoms with Crippen molar-refractivity contribution in [3.8, 4) is 11.5 Å². The molecule has 2 aliphatic rings. The van der Waals surface area contributed by atoms with Gasteiger partial charge in [0.25, 0.3) is 0 Å². The minimum atomic E-state index is -0.365. The summed E-state index contributed by atoms with van der Waals surface area (Å²) < 4.78 is 12.4. The van der Waals surface area contributed by atoms with E-state index in [4.69, 9.17) is 14.6 Å². The summed E-state index contributed by atoms with van der Waals surface area (Å²) in [6, 6.07) is 4.04. The fraction of sp³-hybridized carbons (Fsp3) is 0.696. The van der Waals surface area contributed by atoms with Crippen LogP contribution in [0.25, 0.3) is 0 Å². The van der Waals surface area contributed by atoms with E-state index < -0.39 is 0 Å². The van der Waals surface area contributed by atoms with Crippen molar-refractivity contribution in [1.29, 1.82) is 0 Å². The first-order valence-corrected chi connectivity index (χ1v) is 12.0. The summed E-state index contributed by atoms with van der Waals surface area (Å²) in [5.74, 6) is 2.79. The van der Waals surface area contributed by atoms with Gasteiger partial charge in [-0.05, 0) is 64.1 Å². The van der Waals surface area contributed by atoms with Crippen LogP contribution < -0.4 is 9.47 Å². The molecule has 1 aromatic carbocycles. The summed E-state index contributed by atoms with van der Waals surface area (Å²) in [5, 5.41) is 9.00. The minimum Gasteiger partial charge on any atom is -0.497 e. The lowest BCUT2D eigenvalue weighted by molar-refractivity contribution is -0.135. The number of halogens is 1. The number of ether oxygens (including phenoxy) is 2. The summed E-state index contributed by atoms with van der Waals surface area (Å²) >= 11 is 3.74. The standard InChI is InChI=1S/C23H35BrN2O4/c1-3-30-21-14-19(29-2)13-20(24)23(21)18-8-10-25(15-18)9-4-5-17-6-11-26(12-7-17)22(28)16-27/h13-14,17-18,27H,3-12,15-16H2,1-2H3. The third kappa shape index (κ3) is 5.89. The molecular formula is C23H35BrN2O4. The number of carbonyl (C=O) groups is 1. The van der Waals surface area contributed by atoms with Crippen LogP contribution in [0.2, 0.25) is 0 Å². The van der Waals surface area contributed by atoms with Crippen molar-refractivity contribution in [2.24, 2.45) is 5.92 Å². The molecule has 0 spiro atoms. The average molecular weight is 483 g/mol. The van der Waals surface area contributed by atoms with Crippen LogP contribution in [0.15, 0.2) is 16.6 Å². The lowest BCUT2D eigenvalue weighted by Gasteiger charge is -2.32. The normalized spacial score (nSPS) is 20.5. The van der Waals surface area contributed by atoms with E-state index in [1.54, 1.807) is 12.0 Å². The number of hydrogen-bond acceptors (Lipinski definition) is 5. The number of aliphatic hydroxyl groups excluding tert-OH is 1. The molecule has 2 heterocycles. The van der Waals surface area contributed by atoms with Gasteiger partial charge in [0.1, 0.15) is 18.1 Å². The highest BCUT2D eigenvalue weighted by molar-refractivity contribution is 9.10. The third-order valence-electron chi connectivity index (χ3n) is 6.47. The zero-order valence-corrected chi connectivity index (χ0v) is 19.8. The molecular weight excluding hydrogens is 448 g/mol. The van der Waals surface area contributed by atoms with E-state index in [0.29, 0.717) is 18.4 Å². The molecule has 6 nitrogen and oxygen atoms in total. The highest BCUT2D eigenvalue weighted by Crippen LogP contribution is 2.41. The molecule has 1 amide bonds. The molecule has 2 aliphatic heterocycles. The van der Waals surface area contributed by atoms with Gasteiger partial charge in [0.15, 0.2) is 0 Å². The molecule has 1 N–H and O–H groups in total. The largest absolute Gasteiger partial charge is 0.497 e. The number of aliphatic hydroxyl groups is 1. The van der Waals surface area contributed by atoms with Gasteiger partial charge in [-0.25, -0.2) is 0 Å². The summed E-state index contributed by atoms with van der Waals surface area (Å²) in [7, 11) is 1.68. The van der Waals surface area contributed by atoms with Gasteiger partial charge >= 0.3 is 0 Å². The van der Waals surface area contributed by atoms with Crippen LogP contribution in [-0.2, 0) is 4.79 Å². The molecule has 7 heteroatoms. The Morgan fingerprint density at radius 3 is 2.67 bits per heavy atom. The van der Waals surface area contributed by atoms with E-state index in [1.807, 2.05) is 19.1 Å². The third-order valence-corrected chi connectivity index (χ3v) is 7.13. The number of rotatable bonds is 9. The number of hydrogen-bond donors (Lipinski definition) is 1. The first kappa shape index (κ1) is 23.4. The summed E-state index contributed by atoms with van der Waals surface area (Å²) in [5.41, 5.74) is 1.26. The van der Waals surface area contributed by atoms with Gasteiger partial charge in [0, 0.05) is 41.7 Å². The number of carbonyl (C=O) groups excluding carboxylic acids is 1. The molecule has 0 aromatic heterocycles. The van der Waals surface area contributed by atoms with Crippen molar-refractivity contribution in [2.75, 3.05) is 53.0 Å². The molecule has 30 heavy (non-hydrogen) atoms. The van der Waals surface area contributed by atoms with E-state index >= 15 is 0 Å². The molecule has 2 saturated heterocycles. The zero-order valence-electron chi connectivity index (χ0n) is 18.2. The Morgan fingerprint density at radius 2 is 2.00 bits per heavy atom. The van der Waals surface area contributed by atoms with Gasteiger partial charge in [-0.2, -0.15) is 0 Å². The van der Waals surface area contributed by atoms with Gasteiger partial charge < -0.3 is 24.4 Å². The van der Waals surface area contributed by atoms with Crippen LogP contribution in [0, 0.1) is 5.92 Å². The van der Waals surface area contributed by atoms with Crippen LogP contribution in [0.4, 0.5) is 0 Å². The molecule has 0 bridgehead atoms. The quantitative estimate of drug-likeness (QED) is 0.581. The van der Waals surface area contributed by atoms with Crippen LogP contribution in [0.5, 0.6) is 11.5 Å². The Kier molecular flexibility index (Phi) is 8.84. The topological polar surface area (TPSA) is 62.2 Å². The zero-order chi connectivity index (χ0) is 21.5. The Hall–Kier alpha value is -1.31. The van der Waals surface area contributed by atoms with Crippen molar-refractivity contribution < 1.29 is 19.4 Å². The van der Waals surface area contributed by atoms with E-state index in [0.717, 1.165) is 68.0 Å². The molecule has 3 rings (SSSR count). The first-order chi connectivity index (χ1) is 14.5. The van der Waals surface area contributed by atoms with Gasteiger partial charge in [-0.15, -0.1) is 0 Å². The molecule has 0 saturated carbocycles. The lowest BCUT2D eigenvalue weighted by atomic mass is 9.92. The second-order valence-corrected chi connectivity index (χ2v) is 9.22. The first-order valence-electron chi connectivity index (χ1n) is 11.2. The van der Waals surface area contributed by atoms with Crippen molar-refractivity contribution in [2.45, 2.75) is 44.9 Å². The van der Waals surface area contributed by atoms with Gasteiger partial charge in [-0.3, -0.25) is 4.79 Å². The Balaban J connectivity index is 1.47. The van der Waals surface area contributed by atoms with E-state index in [2.05, 4.69) is 20.8 Å². The predicted octanol–water partition coefficient (Wildman–Crippen LogP) is 3.66. The highest BCUT2D eigenvalue weighted by atomic mass is 79.9. The number of amides is 1. The van der Waals surface area contributed by atoms with Crippen molar-refractivity contribution in [1.82, 2.24) is 9.80 Å². The van der Waals surface area contributed by atoms with Gasteiger partial charge in [0.05, 0.1) is 13.7 Å². The van der Waals surface area contributed by atoms with Crippen LogP contribution in [0.3, 0.4) is 0 Å². The Morgan fingerprint density at radius 1 is 1.23 bits per heavy atom. The molecule has 1 unspecified atom stereocenters. The molecule has 2 fully saturated rings. The maximum atomic E-state index is 11.6. The number of nitrogens with zero attached hydrogens (tertiary/aromatic N) is 2. The van der Waals surface area contributed by atoms with Crippen molar-refractivity contribution >= 4 is 21.8 Å². The lowest BCUT2D eigenvalue weighted by Crippen LogP contribution is -2.40. The molecule has 1 atom stereocenters. The Labute approximate surface area is 188 Å².